The molecule has 190 valence electrons. The van der Waals surface area contributed by atoms with Crippen molar-refractivity contribution in [1.82, 2.24) is 10.6 Å². The van der Waals surface area contributed by atoms with Crippen molar-refractivity contribution in [3.05, 3.63) is 76.7 Å². The molecule has 3 aromatic rings. The quantitative estimate of drug-likeness (QED) is 0.391. The minimum atomic E-state index is -0.968. The van der Waals surface area contributed by atoms with Gasteiger partial charge in [-0.1, -0.05) is 6.07 Å². The Kier molecular flexibility index (Phi) is 7.10. The summed E-state index contributed by atoms with van der Waals surface area (Å²) in [4.78, 5) is 13.0. The normalized spacial score (nSPS) is 19.6. The van der Waals surface area contributed by atoms with Crippen LogP contribution in [0.2, 0.25) is 0 Å². The zero-order valence-corrected chi connectivity index (χ0v) is 20.9. The second kappa shape index (κ2) is 10.3. The lowest BCUT2D eigenvalue weighted by Gasteiger charge is -2.48. The highest BCUT2D eigenvalue weighted by atomic mass is 32.1. The van der Waals surface area contributed by atoms with E-state index in [1.165, 1.54) is 23.9 Å². The molecule has 5 nitrogen and oxygen atoms in total. The number of aliphatic hydroxyl groups is 1. The predicted molar refractivity (Wildman–Crippen MR) is 136 cm³/mol. The molecular weight excluding hydrogens is 482 g/mol. The molecule has 2 heterocycles. The minimum absolute atomic E-state index is 0.0341. The van der Waals surface area contributed by atoms with E-state index in [2.05, 4.69) is 28.8 Å². The summed E-state index contributed by atoms with van der Waals surface area (Å²) in [7, 11) is 0. The van der Waals surface area contributed by atoms with E-state index in [-0.39, 0.29) is 30.5 Å². The zero-order chi connectivity index (χ0) is 25.3. The first-order chi connectivity index (χ1) is 17.3. The predicted octanol–water partition coefficient (Wildman–Crippen LogP) is 5.14. The van der Waals surface area contributed by atoms with Gasteiger partial charge in [0.2, 0.25) is 5.91 Å². The molecule has 1 aromatic heterocycles. The summed E-state index contributed by atoms with van der Waals surface area (Å²) in [6.07, 6.45) is 3.06. The number of rotatable bonds is 8. The van der Waals surface area contributed by atoms with E-state index in [1.54, 1.807) is 11.3 Å². The van der Waals surface area contributed by atoms with Crippen LogP contribution in [0.5, 0.6) is 5.75 Å². The summed E-state index contributed by atoms with van der Waals surface area (Å²) in [5, 5.41) is 19.3. The summed E-state index contributed by atoms with van der Waals surface area (Å²) in [5.74, 6) is -0.834. The van der Waals surface area contributed by atoms with E-state index in [9.17, 15) is 18.7 Å². The van der Waals surface area contributed by atoms with Crippen LogP contribution in [0, 0.1) is 11.6 Å². The molecule has 36 heavy (non-hydrogen) atoms. The third-order valence-corrected chi connectivity index (χ3v) is 8.08. The third-order valence-electron chi connectivity index (χ3n) is 7.16. The van der Waals surface area contributed by atoms with Crippen LogP contribution in [0.15, 0.2) is 53.9 Å². The number of carbonyl (C=O) groups is 1. The Bertz CT molecular complexity index is 1210. The van der Waals surface area contributed by atoms with Gasteiger partial charge in [0.1, 0.15) is 23.0 Å². The summed E-state index contributed by atoms with van der Waals surface area (Å²) in [6, 6.07) is 12.9. The molecule has 0 radical (unpaired) electrons. The Hall–Kier alpha value is -2.81. The van der Waals surface area contributed by atoms with Crippen molar-refractivity contribution in [3.8, 4) is 16.2 Å². The first-order valence-corrected chi connectivity index (χ1v) is 13.2. The van der Waals surface area contributed by atoms with Crippen molar-refractivity contribution in [1.29, 1.82) is 0 Å². The average Bonchev–Trinajstić information content (AvgIpc) is 3.34. The molecule has 0 saturated heterocycles. The number of amides is 1. The molecule has 2 aromatic carbocycles. The van der Waals surface area contributed by atoms with Crippen LogP contribution >= 0.6 is 11.3 Å². The molecule has 2 aliphatic rings. The summed E-state index contributed by atoms with van der Waals surface area (Å²) >= 11 is 1.68. The van der Waals surface area contributed by atoms with Gasteiger partial charge in [0.05, 0.1) is 12.1 Å². The molecule has 8 heteroatoms. The molecule has 0 unspecified atom stereocenters. The van der Waals surface area contributed by atoms with E-state index in [1.807, 2.05) is 17.5 Å². The molecule has 1 amide bonds. The number of hydrogen-bond acceptors (Lipinski definition) is 5. The number of ether oxygens (including phenoxy) is 1. The maximum atomic E-state index is 13.7. The van der Waals surface area contributed by atoms with Crippen LogP contribution in [-0.4, -0.2) is 35.3 Å². The van der Waals surface area contributed by atoms with E-state index in [0.717, 1.165) is 48.6 Å². The fraction of sp³-hybridized carbons (Fsp3) is 0.393. The number of aliphatic hydroxyl groups excluding tert-OH is 1. The molecule has 1 aliphatic heterocycles. The molecule has 5 rings (SSSR count). The standard InChI is InChI=1S/C28H30F2N2O3S/c1-17(33)32-23(12-18-10-20(29)14-21(30)11-18)25(34)16-31-24-15-28(7-3-8-28)35-26-6-5-19(13-22(24)26)27-4-2-9-36-27/h2,4-6,9-11,13-14,23-25,31,34H,3,7-8,12,15-16H2,1H3,(H,32,33)/t23-,24-,25+/m0/s1. The maximum absolute atomic E-state index is 13.7. The van der Waals surface area contributed by atoms with E-state index in [4.69, 9.17) is 4.74 Å². The van der Waals surface area contributed by atoms with Gasteiger partial charge >= 0.3 is 0 Å². The molecule has 1 spiro atoms. The van der Waals surface area contributed by atoms with Gasteiger partial charge in [0.15, 0.2) is 0 Å². The van der Waals surface area contributed by atoms with Gasteiger partial charge in [-0.05, 0) is 78.6 Å². The highest BCUT2D eigenvalue weighted by molar-refractivity contribution is 7.13. The van der Waals surface area contributed by atoms with Gasteiger partial charge in [-0.15, -0.1) is 11.3 Å². The lowest BCUT2D eigenvalue weighted by molar-refractivity contribution is -0.120. The van der Waals surface area contributed by atoms with Crippen molar-refractivity contribution in [2.45, 2.75) is 62.8 Å². The van der Waals surface area contributed by atoms with Gasteiger partial charge in [-0.25, -0.2) is 8.78 Å². The Morgan fingerprint density at radius 3 is 2.61 bits per heavy atom. The summed E-state index contributed by atoms with van der Waals surface area (Å²) in [6.45, 7) is 1.56. The van der Waals surface area contributed by atoms with Crippen molar-refractivity contribution in [2.75, 3.05) is 6.54 Å². The van der Waals surface area contributed by atoms with E-state index >= 15 is 0 Å². The number of fused-ring (bicyclic) bond motifs is 1. The molecule has 3 atom stereocenters. The molecular formula is C28H30F2N2O3S. The Morgan fingerprint density at radius 2 is 1.97 bits per heavy atom. The maximum Gasteiger partial charge on any atom is 0.217 e. The van der Waals surface area contributed by atoms with Crippen LogP contribution < -0.4 is 15.4 Å². The smallest absolute Gasteiger partial charge is 0.217 e. The second-order valence-electron chi connectivity index (χ2n) is 9.89. The molecule has 1 saturated carbocycles. The highest BCUT2D eigenvalue weighted by Gasteiger charge is 2.45. The molecule has 1 aliphatic carbocycles. The number of thiophene rings is 1. The van der Waals surface area contributed by atoms with Crippen molar-refractivity contribution >= 4 is 17.2 Å². The van der Waals surface area contributed by atoms with Crippen molar-refractivity contribution in [3.63, 3.8) is 0 Å². The lowest BCUT2D eigenvalue weighted by Crippen LogP contribution is -2.52. The number of halogens is 2. The largest absolute Gasteiger partial charge is 0.487 e. The van der Waals surface area contributed by atoms with Crippen LogP contribution in [0.3, 0.4) is 0 Å². The van der Waals surface area contributed by atoms with Gasteiger partial charge in [0, 0.05) is 42.4 Å². The first kappa shape index (κ1) is 24.9. The van der Waals surface area contributed by atoms with Gasteiger partial charge in [-0.3, -0.25) is 4.79 Å². The Balaban J connectivity index is 1.34. The lowest BCUT2D eigenvalue weighted by atomic mass is 9.72. The minimum Gasteiger partial charge on any atom is -0.487 e. The summed E-state index contributed by atoms with van der Waals surface area (Å²) in [5.41, 5.74) is 2.36. The summed E-state index contributed by atoms with van der Waals surface area (Å²) < 4.78 is 33.9. The molecule has 0 bridgehead atoms. The van der Waals surface area contributed by atoms with Crippen LogP contribution in [0.1, 0.15) is 49.8 Å². The zero-order valence-electron chi connectivity index (χ0n) is 20.1. The molecule has 1 fully saturated rings. The monoisotopic (exact) mass is 512 g/mol. The highest BCUT2D eigenvalue weighted by Crippen LogP contribution is 2.49. The fourth-order valence-corrected chi connectivity index (χ4v) is 5.98. The third kappa shape index (κ3) is 5.45. The second-order valence-corrected chi connectivity index (χ2v) is 10.8. The van der Waals surface area contributed by atoms with Crippen LogP contribution in [0.25, 0.3) is 10.4 Å². The average molecular weight is 513 g/mol. The number of nitrogens with one attached hydrogen (secondary N) is 2. The van der Waals surface area contributed by atoms with Gasteiger partial charge in [0.25, 0.3) is 0 Å². The van der Waals surface area contributed by atoms with Crippen molar-refractivity contribution in [2.24, 2.45) is 0 Å². The SMILES string of the molecule is CC(=O)N[C@@H](Cc1cc(F)cc(F)c1)[C@H](O)CN[C@H]1CC2(CCC2)Oc2ccc(-c3cccs3)cc21. The van der Waals surface area contributed by atoms with E-state index < -0.39 is 23.8 Å². The van der Waals surface area contributed by atoms with Gasteiger partial charge < -0.3 is 20.5 Å². The molecule has 3 N–H and O–H groups in total. The number of hydrogen-bond donors (Lipinski definition) is 3. The fourth-order valence-electron chi connectivity index (χ4n) is 5.26. The number of benzene rings is 2. The van der Waals surface area contributed by atoms with Crippen LogP contribution in [-0.2, 0) is 11.2 Å². The van der Waals surface area contributed by atoms with Crippen molar-refractivity contribution < 1.29 is 23.4 Å². The number of carbonyl (C=O) groups excluding carboxylic acids is 1. The van der Waals surface area contributed by atoms with Crippen LogP contribution in [0.4, 0.5) is 8.78 Å². The Labute approximate surface area is 213 Å². The van der Waals surface area contributed by atoms with E-state index in [0.29, 0.717) is 5.56 Å². The Morgan fingerprint density at radius 1 is 1.19 bits per heavy atom. The topological polar surface area (TPSA) is 70.6 Å². The first-order valence-electron chi connectivity index (χ1n) is 12.3. The van der Waals surface area contributed by atoms with Gasteiger partial charge in [-0.2, -0.15) is 0 Å².